The average molecular weight is 352 g/mol. The average Bonchev–Trinajstić information content (AvgIpc) is 2.55. The van der Waals surface area contributed by atoms with Crippen LogP contribution in [0.15, 0.2) is 39.5 Å². The van der Waals surface area contributed by atoms with Crippen LogP contribution in [-0.4, -0.2) is 48.0 Å². The SMILES string of the molecule is COC(C(O)CO)C(C)(C)OC(C)Oc1cccc2ccc(=O)oc12. The Morgan fingerprint density at radius 2 is 1.96 bits per heavy atom. The van der Waals surface area contributed by atoms with E-state index in [0.717, 1.165) is 5.39 Å². The Hall–Kier alpha value is -1.93. The zero-order valence-corrected chi connectivity index (χ0v) is 14.8. The van der Waals surface area contributed by atoms with Crippen molar-refractivity contribution < 1.29 is 28.8 Å². The van der Waals surface area contributed by atoms with Crippen molar-refractivity contribution in [3.05, 3.63) is 40.8 Å². The normalized spacial score (nSPS) is 15.8. The maximum absolute atomic E-state index is 11.5. The maximum atomic E-state index is 11.5. The van der Waals surface area contributed by atoms with Crippen molar-refractivity contribution in [2.24, 2.45) is 0 Å². The van der Waals surface area contributed by atoms with Crippen molar-refractivity contribution in [3.8, 4) is 5.75 Å². The fourth-order valence-corrected chi connectivity index (χ4v) is 2.86. The second-order valence-corrected chi connectivity index (χ2v) is 6.24. The molecule has 0 fully saturated rings. The van der Waals surface area contributed by atoms with Gasteiger partial charge in [0, 0.05) is 18.6 Å². The predicted molar refractivity (Wildman–Crippen MR) is 91.6 cm³/mol. The second kappa shape index (κ2) is 7.97. The number of para-hydroxylation sites is 1. The summed E-state index contributed by atoms with van der Waals surface area (Å²) in [7, 11) is 1.43. The molecule has 0 saturated heterocycles. The van der Waals surface area contributed by atoms with Crippen LogP contribution in [0.1, 0.15) is 20.8 Å². The van der Waals surface area contributed by atoms with Crippen LogP contribution < -0.4 is 10.4 Å². The summed E-state index contributed by atoms with van der Waals surface area (Å²) in [6.07, 6.45) is -2.58. The highest BCUT2D eigenvalue weighted by atomic mass is 16.7. The standard InChI is InChI=1S/C18H24O7/c1-11(25-18(2,3)17(22-4)13(20)10-19)23-14-7-5-6-12-8-9-15(21)24-16(12)14/h5-9,11,13,17,19-20H,10H2,1-4H3. The van der Waals surface area contributed by atoms with Gasteiger partial charge in [0.05, 0.1) is 12.2 Å². The van der Waals surface area contributed by atoms with Crippen LogP contribution in [-0.2, 0) is 9.47 Å². The van der Waals surface area contributed by atoms with Gasteiger partial charge in [-0.3, -0.25) is 0 Å². The second-order valence-electron chi connectivity index (χ2n) is 6.24. The number of fused-ring (bicyclic) bond motifs is 1. The van der Waals surface area contributed by atoms with Gasteiger partial charge in [-0.05, 0) is 32.9 Å². The lowest BCUT2D eigenvalue weighted by atomic mass is 9.96. The molecule has 0 aliphatic rings. The molecule has 2 rings (SSSR count). The highest BCUT2D eigenvalue weighted by molar-refractivity contribution is 5.82. The van der Waals surface area contributed by atoms with Gasteiger partial charge in [-0.25, -0.2) is 4.79 Å². The first-order valence-corrected chi connectivity index (χ1v) is 7.97. The maximum Gasteiger partial charge on any atom is 0.336 e. The van der Waals surface area contributed by atoms with Crippen LogP contribution in [0, 0.1) is 0 Å². The Bertz CT molecular complexity index is 752. The largest absolute Gasteiger partial charge is 0.461 e. The third kappa shape index (κ3) is 4.58. The van der Waals surface area contributed by atoms with Gasteiger partial charge in [-0.1, -0.05) is 12.1 Å². The fourth-order valence-electron chi connectivity index (χ4n) is 2.86. The van der Waals surface area contributed by atoms with E-state index in [9.17, 15) is 9.90 Å². The number of aliphatic hydroxyl groups is 2. The summed E-state index contributed by atoms with van der Waals surface area (Å²) in [6, 6.07) is 8.26. The minimum absolute atomic E-state index is 0.335. The molecule has 7 nitrogen and oxygen atoms in total. The van der Waals surface area contributed by atoms with Gasteiger partial charge in [0.2, 0.25) is 0 Å². The van der Waals surface area contributed by atoms with Crippen LogP contribution in [0.3, 0.4) is 0 Å². The van der Waals surface area contributed by atoms with Crippen LogP contribution in [0.25, 0.3) is 11.0 Å². The molecule has 0 aliphatic carbocycles. The molecule has 1 aromatic carbocycles. The molecule has 0 saturated carbocycles. The Kier molecular flexibility index (Phi) is 6.18. The van der Waals surface area contributed by atoms with E-state index in [0.29, 0.717) is 11.3 Å². The molecule has 0 radical (unpaired) electrons. The number of benzene rings is 1. The topological polar surface area (TPSA) is 98.4 Å². The molecular weight excluding hydrogens is 328 g/mol. The lowest BCUT2D eigenvalue weighted by molar-refractivity contribution is -0.215. The molecule has 1 aromatic heterocycles. The van der Waals surface area contributed by atoms with Gasteiger partial charge in [-0.15, -0.1) is 0 Å². The summed E-state index contributed by atoms with van der Waals surface area (Å²) in [4.78, 5) is 11.5. The van der Waals surface area contributed by atoms with E-state index in [2.05, 4.69) is 0 Å². The minimum Gasteiger partial charge on any atom is -0.461 e. The molecule has 25 heavy (non-hydrogen) atoms. The van der Waals surface area contributed by atoms with Gasteiger partial charge in [0.1, 0.15) is 12.2 Å². The van der Waals surface area contributed by atoms with E-state index in [1.165, 1.54) is 13.2 Å². The first kappa shape index (κ1) is 19.4. The van der Waals surface area contributed by atoms with Crippen LogP contribution in [0.2, 0.25) is 0 Å². The molecule has 1 heterocycles. The molecule has 0 spiro atoms. The van der Waals surface area contributed by atoms with E-state index in [4.69, 9.17) is 23.7 Å². The molecule has 0 amide bonds. The van der Waals surface area contributed by atoms with Gasteiger partial charge < -0.3 is 28.8 Å². The Morgan fingerprint density at radius 3 is 2.60 bits per heavy atom. The smallest absolute Gasteiger partial charge is 0.336 e. The lowest BCUT2D eigenvalue weighted by Gasteiger charge is -2.37. The van der Waals surface area contributed by atoms with E-state index >= 15 is 0 Å². The monoisotopic (exact) mass is 352 g/mol. The van der Waals surface area contributed by atoms with Gasteiger partial charge in [-0.2, -0.15) is 0 Å². The van der Waals surface area contributed by atoms with Crippen molar-refractivity contribution in [3.63, 3.8) is 0 Å². The summed E-state index contributed by atoms with van der Waals surface area (Å²) < 4.78 is 22.1. The van der Waals surface area contributed by atoms with Crippen LogP contribution in [0.4, 0.5) is 0 Å². The third-order valence-corrected chi connectivity index (χ3v) is 3.85. The molecule has 138 valence electrons. The zero-order chi connectivity index (χ0) is 18.6. The molecule has 2 N–H and O–H groups in total. The Morgan fingerprint density at radius 1 is 1.24 bits per heavy atom. The summed E-state index contributed by atoms with van der Waals surface area (Å²) >= 11 is 0. The number of methoxy groups -OCH3 is 1. The highest BCUT2D eigenvalue weighted by Crippen LogP contribution is 2.28. The third-order valence-electron chi connectivity index (χ3n) is 3.85. The molecule has 3 unspecified atom stereocenters. The van der Waals surface area contributed by atoms with Crippen molar-refractivity contribution >= 4 is 11.0 Å². The zero-order valence-electron chi connectivity index (χ0n) is 14.8. The number of rotatable bonds is 8. The summed E-state index contributed by atoms with van der Waals surface area (Å²) in [5, 5.41) is 19.8. The molecule has 3 atom stereocenters. The van der Waals surface area contributed by atoms with E-state index in [1.54, 1.807) is 45.0 Å². The fraction of sp³-hybridized carbons (Fsp3) is 0.500. The van der Waals surface area contributed by atoms with Crippen LogP contribution in [0.5, 0.6) is 5.75 Å². The molecular formula is C18H24O7. The van der Waals surface area contributed by atoms with Gasteiger partial charge in [0.25, 0.3) is 0 Å². The van der Waals surface area contributed by atoms with Gasteiger partial charge in [0.15, 0.2) is 17.6 Å². The van der Waals surface area contributed by atoms with Crippen molar-refractivity contribution in [1.29, 1.82) is 0 Å². The quantitative estimate of drug-likeness (QED) is 0.551. The first-order valence-electron chi connectivity index (χ1n) is 7.97. The molecule has 0 aliphatic heterocycles. The molecule has 7 heteroatoms. The summed E-state index contributed by atoms with van der Waals surface area (Å²) in [5.41, 5.74) is -1.08. The van der Waals surface area contributed by atoms with E-state index < -0.39 is 36.3 Å². The number of hydrogen-bond donors (Lipinski definition) is 2. The predicted octanol–water partition coefficient (Wildman–Crippen LogP) is 1.68. The Balaban J connectivity index is 2.18. The van der Waals surface area contributed by atoms with Crippen LogP contribution >= 0.6 is 0 Å². The van der Waals surface area contributed by atoms with E-state index in [1.807, 2.05) is 0 Å². The summed E-state index contributed by atoms with van der Waals surface area (Å²) in [6.45, 7) is 4.68. The molecule has 2 aromatic rings. The number of hydrogen-bond acceptors (Lipinski definition) is 7. The Labute approximate surface area is 145 Å². The van der Waals surface area contributed by atoms with Gasteiger partial charge >= 0.3 is 5.63 Å². The first-order chi connectivity index (χ1) is 11.8. The van der Waals surface area contributed by atoms with Crippen molar-refractivity contribution in [2.45, 2.75) is 44.9 Å². The van der Waals surface area contributed by atoms with E-state index in [-0.39, 0.29) is 0 Å². The molecule has 0 bridgehead atoms. The minimum atomic E-state index is -1.09. The van der Waals surface area contributed by atoms with Crippen molar-refractivity contribution in [1.82, 2.24) is 0 Å². The van der Waals surface area contributed by atoms with Crippen molar-refractivity contribution in [2.75, 3.05) is 13.7 Å². The number of ether oxygens (including phenoxy) is 3. The summed E-state index contributed by atoms with van der Waals surface area (Å²) in [5.74, 6) is 0.371. The highest BCUT2D eigenvalue weighted by Gasteiger charge is 2.37. The lowest BCUT2D eigenvalue weighted by Crippen LogP contribution is -2.51. The number of aliphatic hydroxyl groups excluding tert-OH is 2.